The summed E-state index contributed by atoms with van der Waals surface area (Å²) in [5.74, 6) is 1.11. The average molecular weight is 299 g/mol. The summed E-state index contributed by atoms with van der Waals surface area (Å²) in [4.78, 5) is 2.17. The molecule has 1 aromatic rings. The molecular weight excluding hydrogens is 274 g/mol. The van der Waals surface area contributed by atoms with Crippen LogP contribution < -0.4 is 17.1 Å². The highest BCUT2D eigenvalue weighted by Gasteiger charge is 2.40. The van der Waals surface area contributed by atoms with Crippen molar-refractivity contribution in [1.82, 2.24) is 4.90 Å². The molecule has 1 saturated carbocycles. The molecule has 0 amide bonds. The molecule has 20 heavy (non-hydrogen) atoms. The molecule has 2 rings (SSSR count). The molecule has 0 bridgehead atoms. The summed E-state index contributed by atoms with van der Waals surface area (Å²) >= 11 is 0. The summed E-state index contributed by atoms with van der Waals surface area (Å²) < 4.78 is 5.29. The first kappa shape index (κ1) is 17.3. The molecular formula is C16H25ClNO2-. The van der Waals surface area contributed by atoms with Gasteiger partial charge in [-0.25, -0.2) is 0 Å². The van der Waals surface area contributed by atoms with E-state index in [1.54, 1.807) is 7.11 Å². The number of rotatable bonds is 4. The van der Waals surface area contributed by atoms with Crippen molar-refractivity contribution in [1.29, 1.82) is 0 Å². The molecule has 4 heteroatoms. The van der Waals surface area contributed by atoms with Crippen LogP contribution in [-0.2, 0) is 5.60 Å². The van der Waals surface area contributed by atoms with Gasteiger partial charge in [0.05, 0.1) is 12.7 Å². The van der Waals surface area contributed by atoms with Crippen molar-refractivity contribution in [3.05, 3.63) is 29.8 Å². The van der Waals surface area contributed by atoms with E-state index in [-0.39, 0.29) is 12.4 Å². The molecule has 0 spiro atoms. The molecule has 0 saturated heterocycles. The van der Waals surface area contributed by atoms with Crippen molar-refractivity contribution in [3.8, 4) is 5.75 Å². The molecule has 0 radical (unpaired) electrons. The van der Waals surface area contributed by atoms with Crippen molar-refractivity contribution in [2.75, 3.05) is 27.7 Å². The Morgan fingerprint density at radius 2 is 2.10 bits per heavy atom. The number of aliphatic hydroxyl groups is 1. The topological polar surface area (TPSA) is 32.7 Å². The third-order valence-corrected chi connectivity index (χ3v) is 4.19. The van der Waals surface area contributed by atoms with Gasteiger partial charge in [-0.1, -0.05) is 25.0 Å². The van der Waals surface area contributed by atoms with E-state index >= 15 is 0 Å². The van der Waals surface area contributed by atoms with Crippen LogP contribution in [0, 0.1) is 5.92 Å². The third kappa shape index (κ3) is 3.66. The van der Waals surface area contributed by atoms with Crippen LogP contribution in [-0.4, -0.2) is 37.8 Å². The Balaban J connectivity index is 0.00000200. The van der Waals surface area contributed by atoms with Crippen LogP contribution in [0.2, 0.25) is 0 Å². The largest absolute Gasteiger partial charge is 1.00 e. The molecule has 0 unspecified atom stereocenters. The first-order valence-electron chi connectivity index (χ1n) is 7.08. The predicted octanol–water partition coefficient (Wildman–Crippen LogP) is -0.361. The average Bonchev–Trinajstić information content (AvgIpc) is 2.41. The Bertz CT molecular complexity index is 425. The van der Waals surface area contributed by atoms with Gasteiger partial charge in [-0.2, -0.15) is 0 Å². The van der Waals surface area contributed by atoms with Crippen LogP contribution >= 0.6 is 0 Å². The standard InChI is InChI=1S/C16H25NO2.ClH/c1-17(2)12-14-7-4-5-10-16(14,18)13-8-6-9-15(11-13)19-3;/h6,8-9,11,14,18H,4-5,7,10,12H2,1-3H3;1H/p-1/t14-,16+;/m1./s1. The van der Waals surface area contributed by atoms with Gasteiger partial charge in [-0.05, 0) is 44.6 Å². The molecule has 1 aliphatic carbocycles. The minimum Gasteiger partial charge on any atom is -1.00 e. The molecule has 0 heterocycles. The quantitative estimate of drug-likeness (QED) is 0.824. The number of methoxy groups -OCH3 is 1. The molecule has 1 aliphatic rings. The number of benzene rings is 1. The Labute approximate surface area is 128 Å². The lowest BCUT2D eigenvalue weighted by Gasteiger charge is -2.41. The number of hydrogen-bond acceptors (Lipinski definition) is 3. The Morgan fingerprint density at radius 1 is 1.35 bits per heavy atom. The molecule has 114 valence electrons. The van der Waals surface area contributed by atoms with Gasteiger partial charge in [-0.3, -0.25) is 0 Å². The number of ether oxygens (including phenoxy) is 1. The summed E-state index contributed by atoms with van der Waals surface area (Å²) in [5.41, 5.74) is 0.287. The Morgan fingerprint density at radius 3 is 2.75 bits per heavy atom. The number of nitrogens with zero attached hydrogens (tertiary/aromatic N) is 1. The van der Waals surface area contributed by atoms with Gasteiger partial charge in [0.1, 0.15) is 5.75 Å². The van der Waals surface area contributed by atoms with Gasteiger partial charge in [0.25, 0.3) is 0 Å². The van der Waals surface area contributed by atoms with Gasteiger partial charge in [-0.15, -0.1) is 0 Å². The van der Waals surface area contributed by atoms with Crippen LogP contribution in [0.5, 0.6) is 5.75 Å². The smallest absolute Gasteiger partial charge is 0.119 e. The van der Waals surface area contributed by atoms with Crippen LogP contribution in [0.3, 0.4) is 0 Å². The molecule has 1 aromatic carbocycles. The lowest BCUT2D eigenvalue weighted by atomic mass is 9.71. The van der Waals surface area contributed by atoms with E-state index in [0.29, 0.717) is 5.92 Å². The van der Waals surface area contributed by atoms with E-state index in [4.69, 9.17) is 4.74 Å². The Hall–Kier alpha value is -0.770. The van der Waals surface area contributed by atoms with E-state index in [2.05, 4.69) is 19.0 Å². The third-order valence-electron chi connectivity index (χ3n) is 4.19. The van der Waals surface area contributed by atoms with Crippen LogP contribution in [0.1, 0.15) is 31.2 Å². The summed E-state index contributed by atoms with van der Waals surface area (Å²) in [6, 6.07) is 7.90. The van der Waals surface area contributed by atoms with Gasteiger partial charge >= 0.3 is 0 Å². The first-order chi connectivity index (χ1) is 9.06. The zero-order valence-electron chi connectivity index (χ0n) is 12.6. The summed E-state index contributed by atoms with van der Waals surface area (Å²) in [6.07, 6.45) is 4.24. The van der Waals surface area contributed by atoms with E-state index < -0.39 is 5.60 Å². The van der Waals surface area contributed by atoms with E-state index in [1.807, 2.05) is 24.3 Å². The van der Waals surface area contributed by atoms with Crippen molar-refractivity contribution in [2.45, 2.75) is 31.3 Å². The second kappa shape index (κ2) is 7.30. The minimum absolute atomic E-state index is 0. The van der Waals surface area contributed by atoms with Gasteiger partial charge in [0.15, 0.2) is 0 Å². The van der Waals surface area contributed by atoms with Crippen molar-refractivity contribution in [3.63, 3.8) is 0 Å². The van der Waals surface area contributed by atoms with Crippen LogP contribution in [0.15, 0.2) is 24.3 Å². The minimum atomic E-state index is -0.711. The van der Waals surface area contributed by atoms with E-state index in [1.165, 1.54) is 6.42 Å². The summed E-state index contributed by atoms with van der Waals surface area (Å²) in [5, 5.41) is 11.2. The molecule has 2 atom stereocenters. The highest BCUT2D eigenvalue weighted by molar-refractivity contribution is 5.33. The fourth-order valence-corrected chi connectivity index (χ4v) is 3.18. The predicted molar refractivity (Wildman–Crippen MR) is 77.4 cm³/mol. The second-order valence-corrected chi connectivity index (χ2v) is 5.86. The summed E-state index contributed by atoms with van der Waals surface area (Å²) in [6.45, 7) is 0.924. The zero-order valence-corrected chi connectivity index (χ0v) is 13.4. The number of halogens is 1. The van der Waals surface area contributed by atoms with Gasteiger partial charge in [0.2, 0.25) is 0 Å². The maximum absolute atomic E-state index is 11.2. The SMILES string of the molecule is COc1cccc([C@@]2(O)CCCC[C@@H]2CN(C)C)c1.[Cl-]. The number of hydrogen-bond donors (Lipinski definition) is 1. The lowest BCUT2D eigenvalue weighted by Crippen LogP contribution is -3.00. The molecule has 1 fully saturated rings. The lowest BCUT2D eigenvalue weighted by molar-refractivity contribution is -0.0619. The molecule has 0 aromatic heterocycles. The van der Waals surface area contributed by atoms with Crippen molar-refractivity contribution < 1.29 is 22.3 Å². The van der Waals surface area contributed by atoms with Crippen molar-refractivity contribution in [2.24, 2.45) is 5.92 Å². The van der Waals surface area contributed by atoms with E-state index in [9.17, 15) is 5.11 Å². The Kier molecular flexibility index (Phi) is 6.31. The molecule has 0 aliphatic heterocycles. The van der Waals surface area contributed by atoms with E-state index in [0.717, 1.165) is 37.1 Å². The van der Waals surface area contributed by atoms with Crippen LogP contribution in [0.4, 0.5) is 0 Å². The van der Waals surface area contributed by atoms with Crippen LogP contribution in [0.25, 0.3) is 0 Å². The van der Waals surface area contributed by atoms with Gasteiger partial charge < -0.3 is 27.2 Å². The fourth-order valence-electron chi connectivity index (χ4n) is 3.18. The highest BCUT2D eigenvalue weighted by Crippen LogP contribution is 2.42. The first-order valence-corrected chi connectivity index (χ1v) is 7.08. The maximum atomic E-state index is 11.2. The fraction of sp³-hybridized carbons (Fsp3) is 0.625. The van der Waals surface area contributed by atoms with Gasteiger partial charge in [0, 0.05) is 12.5 Å². The molecule has 3 nitrogen and oxygen atoms in total. The van der Waals surface area contributed by atoms with Crippen molar-refractivity contribution >= 4 is 0 Å². The second-order valence-electron chi connectivity index (χ2n) is 5.86. The normalized spacial score (nSPS) is 26.1. The monoisotopic (exact) mass is 298 g/mol. The summed E-state index contributed by atoms with van der Waals surface area (Å²) in [7, 11) is 5.81. The maximum Gasteiger partial charge on any atom is 0.119 e. The zero-order chi connectivity index (χ0) is 13.9. The molecule has 1 N–H and O–H groups in total. The highest BCUT2D eigenvalue weighted by atomic mass is 35.5.